The Hall–Kier alpha value is -3.26. The Kier molecular flexibility index (Phi) is 5.15. The number of amides is 2. The molecule has 1 saturated heterocycles. The lowest BCUT2D eigenvalue weighted by atomic mass is 10.2. The average molecular weight is 480 g/mol. The van der Waals surface area contributed by atoms with Crippen LogP contribution >= 0.6 is 15.9 Å². The highest BCUT2D eigenvalue weighted by atomic mass is 79.9. The minimum absolute atomic E-state index is 0.118. The van der Waals surface area contributed by atoms with Gasteiger partial charge in [-0.2, -0.15) is 0 Å². The fourth-order valence-corrected chi connectivity index (χ4v) is 4.38. The Morgan fingerprint density at radius 2 is 1.84 bits per heavy atom. The van der Waals surface area contributed by atoms with E-state index < -0.39 is 0 Å². The second kappa shape index (κ2) is 8.11. The first kappa shape index (κ1) is 19.7. The summed E-state index contributed by atoms with van der Waals surface area (Å²) in [4.78, 5) is 21.8. The topological polar surface area (TPSA) is 62.1 Å². The van der Waals surface area contributed by atoms with Gasteiger partial charge < -0.3 is 24.3 Å². The number of rotatable bonds is 3. The van der Waals surface area contributed by atoms with Crippen molar-refractivity contribution in [3.05, 3.63) is 65.3 Å². The van der Waals surface area contributed by atoms with Gasteiger partial charge in [-0.1, -0.05) is 28.1 Å². The molecule has 1 fully saturated rings. The highest BCUT2D eigenvalue weighted by molar-refractivity contribution is 9.10. The van der Waals surface area contributed by atoms with Gasteiger partial charge in [0.15, 0.2) is 5.82 Å². The molecule has 158 valence electrons. The van der Waals surface area contributed by atoms with Crippen LogP contribution in [0.5, 0.6) is 5.75 Å². The maximum Gasteiger partial charge on any atom is 0.322 e. The van der Waals surface area contributed by atoms with Crippen LogP contribution in [0.3, 0.4) is 0 Å². The summed E-state index contributed by atoms with van der Waals surface area (Å²) >= 11 is 3.55. The summed E-state index contributed by atoms with van der Waals surface area (Å²) in [6.45, 7) is 2.66. The molecule has 0 spiro atoms. The number of piperazine rings is 1. The minimum Gasteiger partial charge on any atom is -0.495 e. The van der Waals surface area contributed by atoms with Crippen LogP contribution in [0.1, 0.15) is 0 Å². The molecule has 0 bridgehead atoms. The molecular weight excluding hydrogens is 458 g/mol. The van der Waals surface area contributed by atoms with Gasteiger partial charge in [0, 0.05) is 36.8 Å². The van der Waals surface area contributed by atoms with E-state index in [0.29, 0.717) is 37.6 Å². The minimum atomic E-state index is -0.118. The molecule has 4 aromatic rings. The van der Waals surface area contributed by atoms with Gasteiger partial charge in [-0.3, -0.25) is 0 Å². The second-order valence-corrected chi connectivity index (χ2v) is 8.35. The average Bonchev–Trinajstić information content (AvgIpc) is 3.29. The molecule has 31 heavy (non-hydrogen) atoms. The molecule has 0 unspecified atom stereocenters. The monoisotopic (exact) mass is 479 g/mol. The van der Waals surface area contributed by atoms with Gasteiger partial charge in [0.2, 0.25) is 0 Å². The van der Waals surface area contributed by atoms with Crippen molar-refractivity contribution in [3.63, 3.8) is 0 Å². The number of benzene rings is 2. The summed E-state index contributed by atoms with van der Waals surface area (Å²) in [5.74, 6) is 1.59. The number of hydrogen-bond donors (Lipinski definition) is 1. The van der Waals surface area contributed by atoms with Crippen LogP contribution in [-0.4, -0.2) is 53.6 Å². The standard InChI is InChI=1S/C23H22BrN5O2/c1-31-21-7-3-2-5-17(21)26-23(30)28-13-11-27(12-14-28)22-20-6-4-10-29(20)19-9-8-16(24)15-18(19)25-22/h2-10,15H,11-14H2,1H3,(H,26,30). The summed E-state index contributed by atoms with van der Waals surface area (Å²) in [5, 5.41) is 2.96. The van der Waals surface area contributed by atoms with E-state index in [2.05, 4.69) is 48.9 Å². The Morgan fingerprint density at radius 1 is 1.03 bits per heavy atom. The number of aromatic nitrogens is 2. The molecule has 5 rings (SSSR count). The zero-order valence-electron chi connectivity index (χ0n) is 17.1. The number of urea groups is 1. The number of carbonyl (C=O) groups is 1. The van der Waals surface area contributed by atoms with Crippen LogP contribution in [0.4, 0.5) is 16.3 Å². The predicted molar refractivity (Wildman–Crippen MR) is 126 cm³/mol. The van der Waals surface area contributed by atoms with Crippen LogP contribution in [0.25, 0.3) is 16.6 Å². The van der Waals surface area contributed by atoms with Crippen LogP contribution in [0, 0.1) is 0 Å². The van der Waals surface area contributed by atoms with E-state index >= 15 is 0 Å². The van der Waals surface area contributed by atoms with Crippen molar-refractivity contribution >= 4 is 50.0 Å². The first-order valence-corrected chi connectivity index (χ1v) is 10.9. The molecule has 3 heterocycles. The molecule has 0 aliphatic carbocycles. The van der Waals surface area contributed by atoms with Crippen molar-refractivity contribution in [1.29, 1.82) is 0 Å². The Bertz CT molecular complexity index is 1260. The molecule has 0 atom stereocenters. The quantitative estimate of drug-likeness (QED) is 0.465. The zero-order chi connectivity index (χ0) is 21.4. The number of para-hydroxylation sites is 2. The van der Waals surface area contributed by atoms with E-state index in [4.69, 9.17) is 9.72 Å². The van der Waals surface area contributed by atoms with Crippen LogP contribution < -0.4 is 15.0 Å². The van der Waals surface area contributed by atoms with Crippen LogP contribution in [0.15, 0.2) is 65.3 Å². The van der Waals surface area contributed by atoms with Gasteiger partial charge in [-0.05, 0) is 42.5 Å². The van der Waals surface area contributed by atoms with E-state index in [1.165, 1.54) is 0 Å². The maximum absolute atomic E-state index is 12.8. The number of nitrogens with one attached hydrogen (secondary N) is 1. The number of halogens is 1. The lowest BCUT2D eigenvalue weighted by molar-refractivity contribution is 0.208. The van der Waals surface area contributed by atoms with E-state index in [9.17, 15) is 4.79 Å². The highest BCUT2D eigenvalue weighted by Gasteiger charge is 2.24. The third kappa shape index (κ3) is 3.67. The van der Waals surface area contributed by atoms with E-state index in [1.54, 1.807) is 7.11 Å². The van der Waals surface area contributed by atoms with Crippen molar-refractivity contribution in [1.82, 2.24) is 14.3 Å². The lowest BCUT2D eigenvalue weighted by Crippen LogP contribution is -2.50. The number of anilines is 2. The fraction of sp³-hybridized carbons (Fsp3) is 0.217. The predicted octanol–water partition coefficient (Wildman–Crippen LogP) is 4.61. The zero-order valence-corrected chi connectivity index (χ0v) is 18.7. The van der Waals surface area contributed by atoms with Crippen molar-refractivity contribution in [2.75, 3.05) is 43.5 Å². The molecule has 2 amide bonds. The van der Waals surface area contributed by atoms with Crippen LogP contribution in [-0.2, 0) is 0 Å². The normalized spacial score (nSPS) is 14.3. The molecule has 1 aliphatic rings. The molecule has 8 heteroatoms. The smallest absolute Gasteiger partial charge is 0.322 e. The Balaban J connectivity index is 1.35. The highest BCUT2D eigenvalue weighted by Crippen LogP contribution is 2.28. The van der Waals surface area contributed by atoms with E-state index in [1.807, 2.05) is 47.4 Å². The summed E-state index contributed by atoms with van der Waals surface area (Å²) in [5.41, 5.74) is 3.75. The SMILES string of the molecule is COc1ccccc1NC(=O)N1CCN(c2nc3cc(Br)ccc3n3cccc23)CC1. The number of fused-ring (bicyclic) bond motifs is 3. The molecule has 0 saturated carbocycles. The number of nitrogens with zero attached hydrogens (tertiary/aromatic N) is 4. The molecule has 1 aliphatic heterocycles. The van der Waals surface area contributed by atoms with Gasteiger partial charge in [0.25, 0.3) is 0 Å². The fourth-order valence-electron chi connectivity index (χ4n) is 4.03. The molecule has 2 aromatic carbocycles. The number of hydrogen-bond acceptors (Lipinski definition) is 4. The number of methoxy groups -OCH3 is 1. The van der Waals surface area contributed by atoms with Crippen molar-refractivity contribution in [2.45, 2.75) is 0 Å². The molecule has 2 aromatic heterocycles. The molecule has 0 radical (unpaired) electrons. The van der Waals surface area contributed by atoms with Crippen molar-refractivity contribution in [2.24, 2.45) is 0 Å². The van der Waals surface area contributed by atoms with Gasteiger partial charge in [-0.25, -0.2) is 9.78 Å². The summed E-state index contributed by atoms with van der Waals surface area (Å²) < 4.78 is 8.50. The third-order valence-corrected chi connectivity index (χ3v) is 6.11. The van der Waals surface area contributed by atoms with E-state index in [-0.39, 0.29) is 6.03 Å². The molecule has 1 N–H and O–H groups in total. The summed E-state index contributed by atoms with van der Waals surface area (Å²) in [6.07, 6.45) is 2.06. The molecule has 7 nitrogen and oxygen atoms in total. The second-order valence-electron chi connectivity index (χ2n) is 7.44. The summed E-state index contributed by atoms with van der Waals surface area (Å²) in [7, 11) is 1.60. The summed E-state index contributed by atoms with van der Waals surface area (Å²) in [6, 6.07) is 17.6. The largest absolute Gasteiger partial charge is 0.495 e. The molecular formula is C23H22BrN5O2. The van der Waals surface area contributed by atoms with Gasteiger partial charge in [0.05, 0.1) is 29.3 Å². The van der Waals surface area contributed by atoms with Gasteiger partial charge in [-0.15, -0.1) is 0 Å². The maximum atomic E-state index is 12.8. The number of ether oxygens (including phenoxy) is 1. The van der Waals surface area contributed by atoms with E-state index in [0.717, 1.165) is 26.8 Å². The number of carbonyl (C=O) groups excluding carboxylic acids is 1. The van der Waals surface area contributed by atoms with Gasteiger partial charge >= 0.3 is 6.03 Å². The lowest BCUT2D eigenvalue weighted by Gasteiger charge is -2.35. The first-order chi connectivity index (χ1) is 15.1. The Labute approximate surface area is 188 Å². The van der Waals surface area contributed by atoms with Crippen LogP contribution in [0.2, 0.25) is 0 Å². The first-order valence-electron chi connectivity index (χ1n) is 10.1. The van der Waals surface area contributed by atoms with Crippen molar-refractivity contribution in [3.8, 4) is 5.75 Å². The van der Waals surface area contributed by atoms with Gasteiger partial charge in [0.1, 0.15) is 5.75 Å². The van der Waals surface area contributed by atoms with Crippen molar-refractivity contribution < 1.29 is 9.53 Å². The Morgan fingerprint density at radius 3 is 2.65 bits per heavy atom. The third-order valence-electron chi connectivity index (χ3n) is 5.62.